The quantitative estimate of drug-likeness (QED) is 0.713. The van der Waals surface area contributed by atoms with Gasteiger partial charge in [-0.25, -0.2) is 0 Å². The standard InChI is InChI=1S/C18H20N8O/c1-24-22-15-16(23-24)21-18(25-8-4-7-14(20)11-25)26(17(15)27)10-13-6-3-2-5-12(13)9-19/h2-3,5-6,14H,4,7-8,10-11,20H2,1H3/t14-/m1/s1. The van der Waals surface area contributed by atoms with Crippen molar-refractivity contribution >= 4 is 17.1 Å². The SMILES string of the molecule is Cn1nc2nc(N3CCC[C@@H](N)C3)n(Cc3ccccc3C#N)c(=O)c2n1. The van der Waals surface area contributed by atoms with Gasteiger partial charge in [0.1, 0.15) is 0 Å². The van der Waals surface area contributed by atoms with Crippen LogP contribution in [-0.2, 0) is 13.6 Å². The zero-order valence-corrected chi connectivity index (χ0v) is 15.0. The molecule has 27 heavy (non-hydrogen) atoms. The summed E-state index contributed by atoms with van der Waals surface area (Å²) in [6.45, 7) is 1.63. The predicted octanol–water partition coefficient (Wildman–Crippen LogP) is 0.372. The molecule has 2 aromatic heterocycles. The number of nitriles is 1. The third kappa shape index (κ3) is 3.15. The van der Waals surface area contributed by atoms with Crippen molar-refractivity contribution in [2.45, 2.75) is 25.4 Å². The summed E-state index contributed by atoms with van der Waals surface area (Å²) in [4.78, 5) is 21.2. The average Bonchev–Trinajstić information content (AvgIpc) is 3.05. The fourth-order valence-electron chi connectivity index (χ4n) is 3.50. The van der Waals surface area contributed by atoms with E-state index < -0.39 is 0 Å². The Kier molecular flexibility index (Phi) is 4.33. The third-order valence-electron chi connectivity index (χ3n) is 4.80. The van der Waals surface area contributed by atoms with Gasteiger partial charge >= 0.3 is 0 Å². The first kappa shape index (κ1) is 17.2. The Hall–Kier alpha value is -3.25. The van der Waals surface area contributed by atoms with Gasteiger partial charge in [-0.3, -0.25) is 9.36 Å². The van der Waals surface area contributed by atoms with E-state index in [-0.39, 0.29) is 23.7 Å². The van der Waals surface area contributed by atoms with Crippen molar-refractivity contribution in [2.24, 2.45) is 12.8 Å². The van der Waals surface area contributed by atoms with Crippen molar-refractivity contribution in [3.63, 3.8) is 0 Å². The molecule has 9 heteroatoms. The van der Waals surface area contributed by atoms with Gasteiger partial charge in [0, 0.05) is 26.2 Å². The molecule has 9 nitrogen and oxygen atoms in total. The second-order valence-electron chi connectivity index (χ2n) is 6.78. The third-order valence-corrected chi connectivity index (χ3v) is 4.80. The highest BCUT2D eigenvalue weighted by atomic mass is 16.1. The van der Waals surface area contributed by atoms with Crippen LogP contribution in [0.4, 0.5) is 5.95 Å². The first-order valence-corrected chi connectivity index (χ1v) is 8.87. The van der Waals surface area contributed by atoms with Gasteiger partial charge in [-0.2, -0.15) is 15.0 Å². The zero-order chi connectivity index (χ0) is 19.0. The minimum absolute atomic E-state index is 0.0352. The summed E-state index contributed by atoms with van der Waals surface area (Å²) in [6, 6.07) is 9.46. The van der Waals surface area contributed by atoms with E-state index in [1.54, 1.807) is 23.7 Å². The number of benzene rings is 1. The summed E-state index contributed by atoms with van der Waals surface area (Å²) < 4.78 is 1.57. The maximum absolute atomic E-state index is 13.2. The van der Waals surface area contributed by atoms with Crippen molar-refractivity contribution in [3.05, 3.63) is 45.7 Å². The van der Waals surface area contributed by atoms with E-state index in [1.165, 1.54) is 4.80 Å². The number of nitrogens with two attached hydrogens (primary N) is 1. The van der Waals surface area contributed by atoms with Crippen LogP contribution in [-0.4, -0.2) is 43.7 Å². The molecule has 4 rings (SSSR count). The molecule has 3 aromatic rings. The Bertz CT molecular complexity index is 1090. The molecule has 0 radical (unpaired) electrons. The number of hydrogen-bond donors (Lipinski definition) is 1. The zero-order valence-electron chi connectivity index (χ0n) is 15.0. The van der Waals surface area contributed by atoms with E-state index in [0.29, 0.717) is 23.7 Å². The highest BCUT2D eigenvalue weighted by molar-refractivity contribution is 5.69. The van der Waals surface area contributed by atoms with Crippen LogP contribution in [0.2, 0.25) is 0 Å². The molecule has 1 saturated heterocycles. The van der Waals surface area contributed by atoms with Gasteiger partial charge in [-0.1, -0.05) is 18.2 Å². The second kappa shape index (κ2) is 6.81. The number of rotatable bonds is 3. The topological polar surface area (TPSA) is 119 Å². The Morgan fingerprint density at radius 2 is 2.15 bits per heavy atom. The van der Waals surface area contributed by atoms with Gasteiger partial charge in [-0.15, -0.1) is 10.2 Å². The molecular formula is C18H20N8O. The molecule has 0 bridgehead atoms. The van der Waals surface area contributed by atoms with Crippen molar-refractivity contribution in [2.75, 3.05) is 18.0 Å². The van der Waals surface area contributed by atoms with Gasteiger partial charge in [0.2, 0.25) is 11.6 Å². The smallest absolute Gasteiger partial charge is 0.285 e. The molecule has 1 aromatic carbocycles. The number of fused-ring (bicyclic) bond motifs is 1. The fraction of sp³-hybridized carbons (Fsp3) is 0.389. The minimum atomic E-state index is -0.269. The lowest BCUT2D eigenvalue weighted by molar-refractivity contribution is 0.491. The molecule has 0 saturated carbocycles. The van der Waals surface area contributed by atoms with Crippen molar-refractivity contribution in [3.8, 4) is 6.07 Å². The van der Waals surface area contributed by atoms with Gasteiger partial charge in [-0.05, 0) is 24.5 Å². The molecule has 0 aliphatic carbocycles. The first-order chi connectivity index (χ1) is 13.1. The summed E-state index contributed by atoms with van der Waals surface area (Å²) >= 11 is 0. The summed E-state index contributed by atoms with van der Waals surface area (Å²) in [7, 11) is 1.66. The summed E-state index contributed by atoms with van der Waals surface area (Å²) in [5, 5.41) is 17.7. The van der Waals surface area contributed by atoms with E-state index in [0.717, 1.165) is 24.9 Å². The number of nitrogens with zero attached hydrogens (tertiary/aromatic N) is 7. The number of aromatic nitrogens is 5. The molecule has 1 fully saturated rings. The minimum Gasteiger partial charge on any atom is -0.341 e. The van der Waals surface area contributed by atoms with Crippen LogP contribution in [0.1, 0.15) is 24.0 Å². The first-order valence-electron chi connectivity index (χ1n) is 8.87. The fourth-order valence-corrected chi connectivity index (χ4v) is 3.50. The van der Waals surface area contributed by atoms with E-state index in [4.69, 9.17) is 5.73 Å². The monoisotopic (exact) mass is 364 g/mol. The normalized spacial score (nSPS) is 17.2. The molecule has 1 aliphatic heterocycles. The van der Waals surface area contributed by atoms with E-state index in [1.807, 2.05) is 17.0 Å². The lowest BCUT2D eigenvalue weighted by atomic mass is 10.1. The number of anilines is 1. The Morgan fingerprint density at radius 1 is 1.33 bits per heavy atom. The maximum atomic E-state index is 13.2. The van der Waals surface area contributed by atoms with E-state index >= 15 is 0 Å². The Morgan fingerprint density at radius 3 is 2.93 bits per heavy atom. The largest absolute Gasteiger partial charge is 0.341 e. The lowest BCUT2D eigenvalue weighted by Crippen LogP contribution is -2.45. The molecule has 2 N–H and O–H groups in total. The van der Waals surface area contributed by atoms with Crippen LogP contribution in [0.25, 0.3) is 11.2 Å². The molecule has 1 atom stereocenters. The predicted molar refractivity (Wildman–Crippen MR) is 100 cm³/mol. The average molecular weight is 364 g/mol. The van der Waals surface area contributed by atoms with Crippen molar-refractivity contribution in [1.29, 1.82) is 5.26 Å². The van der Waals surface area contributed by atoms with E-state index in [2.05, 4.69) is 21.3 Å². The van der Waals surface area contributed by atoms with Crippen LogP contribution in [0.3, 0.4) is 0 Å². The molecule has 138 valence electrons. The highest BCUT2D eigenvalue weighted by Crippen LogP contribution is 2.20. The van der Waals surface area contributed by atoms with Crippen LogP contribution in [0.5, 0.6) is 0 Å². The Labute approximate surface area is 155 Å². The van der Waals surface area contributed by atoms with Crippen LogP contribution in [0.15, 0.2) is 29.1 Å². The van der Waals surface area contributed by atoms with Crippen LogP contribution >= 0.6 is 0 Å². The molecule has 0 unspecified atom stereocenters. The summed E-state index contributed by atoms with van der Waals surface area (Å²) in [5.41, 5.74) is 7.70. The van der Waals surface area contributed by atoms with Crippen molar-refractivity contribution in [1.82, 2.24) is 24.5 Å². The molecule has 3 heterocycles. The highest BCUT2D eigenvalue weighted by Gasteiger charge is 2.24. The number of piperidine rings is 1. The van der Waals surface area contributed by atoms with E-state index in [9.17, 15) is 10.1 Å². The molecule has 0 amide bonds. The Balaban J connectivity index is 1.88. The molecule has 0 spiro atoms. The van der Waals surface area contributed by atoms with Gasteiger partial charge in [0.25, 0.3) is 5.56 Å². The number of aryl methyl sites for hydroxylation is 1. The van der Waals surface area contributed by atoms with Crippen molar-refractivity contribution < 1.29 is 0 Å². The maximum Gasteiger partial charge on any atom is 0.285 e. The molecule has 1 aliphatic rings. The van der Waals surface area contributed by atoms with Crippen LogP contribution < -0.4 is 16.2 Å². The summed E-state index contributed by atoms with van der Waals surface area (Å²) in [5.74, 6) is 0.524. The second-order valence-corrected chi connectivity index (χ2v) is 6.78. The van der Waals surface area contributed by atoms with Crippen LogP contribution in [0, 0.1) is 11.3 Å². The summed E-state index contributed by atoms with van der Waals surface area (Å²) in [6.07, 6.45) is 1.88. The van der Waals surface area contributed by atoms with Gasteiger partial charge in [0.15, 0.2) is 5.52 Å². The van der Waals surface area contributed by atoms with Gasteiger partial charge in [0.05, 0.1) is 18.2 Å². The lowest BCUT2D eigenvalue weighted by Gasteiger charge is -2.32. The molecular weight excluding hydrogens is 344 g/mol. The number of hydrogen-bond acceptors (Lipinski definition) is 7. The van der Waals surface area contributed by atoms with Gasteiger partial charge < -0.3 is 10.6 Å².